The molecule has 0 bridgehead atoms. The van der Waals surface area contributed by atoms with Crippen LogP contribution >= 0.6 is 0 Å². The maximum absolute atomic E-state index is 3.12. The van der Waals surface area contributed by atoms with Crippen molar-refractivity contribution in [2.75, 3.05) is 0 Å². The molecule has 0 aromatic carbocycles. The van der Waals surface area contributed by atoms with Crippen molar-refractivity contribution in [1.29, 1.82) is 0 Å². The van der Waals surface area contributed by atoms with Gasteiger partial charge < -0.3 is 0 Å². The Morgan fingerprint density at radius 2 is 1.31 bits per heavy atom. The molecule has 2 rings (SSSR count). The molecule has 0 N–H and O–H groups in total. The van der Waals surface area contributed by atoms with Gasteiger partial charge in [0.1, 0.15) is 0 Å². The largest absolute Gasteiger partial charge is 2.00 e. The Bertz CT molecular complexity index is 221. The first kappa shape index (κ1) is 12.5. The van der Waals surface area contributed by atoms with Gasteiger partial charge in [-0.05, 0) is 0 Å². The molecule has 0 atom stereocenters. The maximum atomic E-state index is 3.12. The summed E-state index contributed by atoms with van der Waals surface area (Å²) < 4.78 is 0. The zero-order valence-electron chi connectivity index (χ0n) is 8.10. The fourth-order valence-electron chi connectivity index (χ4n) is 1.03. The Hall–Kier alpha value is -0.521. The predicted octanol–water partition coefficient (Wildman–Crippen LogP) is 3.39. The second-order valence-corrected chi connectivity index (χ2v) is 2.93. The molecule has 0 saturated carbocycles. The van der Waals surface area contributed by atoms with Gasteiger partial charge in [0.25, 0.3) is 0 Å². The third-order valence-electron chi connectivity index (χ3n) is 1.73. The van der Waals surface area contributed by atoms with Crippen LogP contribution in [0.1, 0.15) is 26.7 Å². The van der Waals surface area contributed by atoms with E-state index < -0.39 is 0 Å². The van der Waals surface area contributed by atoms with Crippen molar-refractivity contribution in [2.45, 2.75) is 26.7 Å². The quantitative estimate of drug-likeness (QED) is 0.427. The molecular formula is C12H14Mn. The van der Waals surface area contributed by atoms with Gasteiger partial charge in [-0.25, -0.2) is 23.3 Å². The van der Waals surface area contributed by atoms with Crippen molar-refractivity contribution in [1.82, 2.24) is 0 Å². The van der Waals surface area contributed by atoms with E-state index in [1.807, 2.05) is 0 Å². The molecule has 1 radical (unpaired) electrons. The van der Waals surface area contributed by atoms with E-state index >= 15 is 0 Å². The molecule has 0 aromatic rings. The minimum absolute atomic E-state index is 0. The van der Waals surface area contributed by atoms with E-state index in [4.69, 9.17) is 0 Å². The normalized spacial score (nSPS) is 17.1. The molecule has 0 aliphatic heterocycles. The third kappa shape index (κ3) is 5.68. The summed E-state index contributed by atoms with van der Waals surface area (Å²) in [5.41, 5.74) is 2.55. The summed E-state index contributed by atoms with van der Waals surface area (Å²) in [6, 6.07) is 0. The molecule has 13 heavy (non-hydrogen) atoms. The van der Waals surface area contributed by atoms with Crippen LogP contribution in [0.25, 0.3) is 0 Å². The van der Waals surface area contributed by atoms with Crippen LogP contribution in [0.3, 0.4) is 0 Å². The van der Waals surface area contributed by atoms with Crippen molar-refractivity contribution in [3.05, 3.63) is 47.6 Å². The first-order valence-corrected chi connectivity index (χ1v) is 4.27. The zero-order chi connectivity index (χ0) is 8.81. The van der Waals surface area contributed by atoms with E-state index in [0.717, 1.165) is 12.8 Å². The van der Waals surface area contributed by atoms with E-state index in [2.05, 4.69) is 50.3 Å². The van der Waals surface area contributed by atoms with Crippen LogP contribution in [0, 0.1) is 12.2 Å². The van der Waals surface area contributed by atoms with Crippen LogP contribution in [0.4, 0.5) is 0 Å². The molecule has 2 aliphatic carbocycles. The molecule has 2 aliphatic rings. The van der Waals surface area contributed by atoms with Gasteiger partial charge in [0, 0.05) is 0 Å². The van der Waals surface area contributed by atoms with Crippen LogP contribution in [0.2, 0.25) is 0 Å². The summed E-state index contributed by atoms with van der Waals surface area (Å²) in [6.07, 6.45) is 16.7. The summed E-state index contributed by atoms with van der Waals surface area (Å²) in [5, 5.41) is 0. The topological polar surface area (TPSA) is 0 Å². The fourth-order valence-corrected chi connectivity index (χ4v) is 1.03. The standard InChI is InChI=1S/2C6H7.Mn/c2*1-6-4-2-3-5-6;/h2*2,4H,3H2,1H3;/q2*-1;+2. The molecule has 0 spiro atoms. The third-order valence-corrected chi connectivity index (χ3v) is 1.73. The summed E-state index contributed by atoms with van der Waals surface area (Å²) >= 11 is 0. The predicted molar refractivity (Wildman–Crippen MR) is 52.4 cm³/mol. The van der Waals surface area contributed by atoms with Gasteiger partial charge in [0.05, 0.1) is 0 Å². The van der Waals surface area contributed by atoms with Gasteiger partial charge in [-0.1, -0.05) is 13.8 Å². The molecule has 69 valence electrons. The smallest absolute Gasteiger partial charge is 0.270 e. The second kappa shape index (κ2) is 6.94. The van der Waals surface area contributed by atoms with Crippen LogP contribution in [0.15, 0.2) is 35.5 Å². The molecule has 0 saturated heterocycles. The van der Waals surface area contributed by atoms with Gasteiger partial charge in [-0.3, -0.25) is 12.2 Å². The summed E-state index contributed by atoms with van der Waals surface area (Å²) in [4.78, 5) is 0. The van der Waals surface area contributed by atoms with Crippen LogP contribution in [0.5, 0.6) is 0 Å². The molecular weight excluding hydrogens is 199 g/mol. The Balaban J connectivity index is 0.000000206. The molecule has 0 unspecified atom stereocenters. The maximum Gasteiger partial charge on any atom is 2.00 e. The Kier molecular flexibility index (Phi) is 6.66. The van der Waals surface area contributed by atoms with E-state index in [-0.39, 0.29) is 17.1 Å². The van der Waals surface area contributed by atoms with E-state index in [0.29, 0.717) is 0 Å². The summed E-state index contributed by atoms with van der Waals surface area (Å²) in [6.45, 7) is 4.12. The summed E-state index contributed by atoms with van der Waals surface area (Å²) in [5.74, 6) is 0. The average molecular weight is 213 g/mol. The van der Waals surface area contributed by atoms with Gasteiger partial charge in [0.2, 0.25) is 0 Å². The van der Waals surface area contributed by atoms with Gasteiger partial charge in [-0.15, -0.1) is 12.8 Å². The van der Waals surface area contributed by atoms with E-state index in [9.17, 15) is 0 Å². The Labute approximate surface area is 91.6 Å². The van der Waals surface area contributed by atoms with Gasteiger partial charge in [-0.2, -0.15) is 12.2 Å². The van der Waals surface area contributed by atoms with E-state index in [1.165, 1.54) is 11.1 Å². The minimum atomic E-state index is 0. The van der Waals surface area contributed by atoms with Gasteiger partial charge in [0.15, 0.2) is 0 Å². The monoisotopic (exact) mass is 213 g/mol. The van der Waals surface area contributed by atoms with Gasteiger partial charge >= 0.3 is 17.1 Å². The number of allylic oxidation sites excluding steroid dienone is 8. The van der Waals surface area contributed by atoms with Crippen molar-refractivity contribution < 1.29 is 17.1 Å². The van der Waals surface area contributed by atoms with Crippen molar-refractivity contribution >= 4 is 0 Å². The molecule has 0 amide bonds. The molecule has 0 fully saturated rings. The van der Waals surface area contributed by atoms with Crippen molar-refractivity contribution in [3.8, 4) is 0 Å². The zero-order valence-corrected chi connectivity index (χ0v) is 9.28. The van der Waals surface area contributed by atoms with Crippen LogP contribution in [-0.2, 0) is 17.1 Å². The van der Waals surface area contributed by atoms with Crippen molar-refractivity contribution in [2.24, 2.45) is 0 Å². The van der Waals surface area contributed by atoms with Crippen LogP contribution in [-0.4, -0.2) is 0 Å². The molecule has 0 heterocycles. The fraction of sp³-hybridized carbons (Fsp3) is 0.333. The number of rotatable bonds is 0. The number of hydrogen-bond acceptors (Lipinski definition) is 0. The second-order valence-electron chi connectivity index (χ2n) is 2.93. The average Bonchev–Trinajstić information content (AvgIpc) is 2.63. The Morgan fingerprint density at radius 1 is 0.923 bits per heavy atom. The van der Waals surface area contributed by atoms with E-state index in [1.54, 1.807) is 0 Å². The molecule has 1 heteroatoms. The van der Waals surface area contributed by atoms with Crippen LogP contribution < -0.4 is 0 Å². The minimum Gasteiger partial charge on any atom is -0.270 e. The first-order chi connectivity index (χ1) is 5.79. The van der Waals surface area contributed by atoms with Crippen molar-refractivity contribution in [3.63, 3.8) is 0 Å². The number of hydrogen-bond donors (Lipinski definition) is 0. The Morgan fingerprint density at radius 3 is 1.38 bits per heavy atom. The molecule has 0 nitrogen and oxygen atoms in total. The summed E-state index contributed by atoms with van der Waals surface area (Å²) in [7, 11) is 0. The SMILES string of the molecule is CC1=[C-]CC=C1.CC1=[C-]CC=C1.[Mn+2]. The molecule has 0 aromatic heterocycles. The first-order valence-electron chi connectivity index (χ1n) is 4.27.